The number of carbonyl (C=O) groups excluding carboxylic acids is 1. The van der Waals surface area contributed by atoms with Gasteiger partial charge in [0.1, 0.15) is 5.82 Å². The van der Waals surface area contributed by atoms with Crippen molar-refractivity contribution < 1.29 is 18.4 Å². The van der Waals surface area contributed by atoms with E-state index in [2.05, 4.69) is 25.6 Å². The lowest BCUT2D eigenvalue weighted by Crippen LogP contribution is -2.35. The zero-order valence-electron chi connectivity index (χ0n) is 19.4. The molecule has 0 radical (unpaired) electrons. The minimum Gasteiger partial charge on any atom is -0.491 e. The van der Waals surface area contributed by atoms with Crippen molar-refractivity contribution in [3.05, 3.63) is 71.5 Å². The van der Waals surface area contributed by atoms with Gasteiger partial charge in [0.05, 0.1) is 43.3 Å². The monoisotopic (exact) mass is 515 g/mol. The van der Waals surface area contributed by atoms with Gasteiger partial charge >= 0.3 is 0 Å². The lowest BCUT2D eigenvalue weighted by molar-refractivity contribution is -0.0133. The van der Waals surface area contributed by atoms with E-state index in [0.717, 1.165) is 0 Å². The van der Waals surface area contributed by atoms with E-state index in [1.165, 1.54) is 43.9 Å². The topological polar surface area (TPSA) is 95.5 Å². The van der Waals surface area contributed by atoms with E-state index in [9.17, 15) is 13.7 Å². The molecule has 36 heavy (non-hydrogen) atoms. The van der Waals surface area contributed by atoms with Crippen LogP contribution in [0.3, 0.4) is 0 Å². The van der Waals surface area contributed by atoms with Gasteiger partial charge in [0.2, 0.25) is 0 Å². The zero-order valence-corrected chi connectivity index (χ0v) is 20.2. The molecule has 0 fully saturated rings. The molecule has 2 N–H and O–H groups in total. The fourth-order valence-electron chi connectivity index (χ4n) is 3.56. The van der Waals surface area contributed by atoms with Gasteiger partial charge in [-0.05, 0) is 36.9 Å². The lowest BCUT2D eigenvalue weighted by atomic mass is 10.2. The van der Waals surface area contributed by atoms with Crippen LogP contribution in [0.2, 0.25) is 5.02 Å². The molecule has 9 nitrogen and oxygen atoms in total. The van der Waals surface area contributed by atoms with Crippen LogP contribution < -0.4 is 15.4 Å². The van der Waals surface area contributed by atoms with Crippen LogP contribution in [0.15, 0.2) is 55.1 Å². The smallest absolute Gasteiger partial charge is 0.254 e. The van der Waals surface area contributed by atoms with Crippen molar-refractivity contribution in [3.8, 4) is 17.1 Å². The summed E-state index contributed by atoms with van der Waals surface area (Å²) in [5, 5.41) is 6.97. The summed E-state index contributed by atoms with van der Waals surface area (Å²) in [5.41, 5.74) is 0.825. The summed E-state index contributed by atoms with van der Waals surface area (Å²) in [6.45, 7) is 1.45. The Morgan fingerprint density at radius 2 is 2.14 bits per heavy atom. The second-order valence-corrected chi connectivity index (χ2v) is 8.31. The van der Waals surface area contributed by atoms with E-state index in [1.54, 1.807) is 12.1 Å². The standard InChI is InChI=1S/C24H24ClF2N7O2/c1-36-21-14-30-22(17-12-16(25)4-5-19(17)26)32-23(21)31-20-6-8-28-13-18(20)24(35)29-7-2-9-33-10-3-11-34(27)15-33/h3-6,8,10,12-14H,2,7,9,11,15H2,1H3,(H,29,35)(H,28,30,31,32). The van der Waals surface area contributed by atoms with Crippen LogP contribution >= 0.6 is 11.6 Å². The molecule has 12 heteroatoms. The van der Waals surface area contributed by atoms with Gasteiger partial charge < -0.3 is 20.3 Å². The van der Waals surface area contributed by atoms with Crippen molar-refractivity contribution in [3.63, 3.8) is 0 Å². The van der Waals surface area contributed by atoms with Gasteiger partial charge in [-0.15, -0.1) is 9.60 Å². The summed E-state index contributed by atoms with van der Waals surface area (Å²) in [4.78, 5) is 27.3. The minimum atomic E-state index is -0.529. The molecule has 0 saturated carbocycles. The Kier molecular flexibility index (Phi) is 8.24. The van der Waals surface area contributed by atoms with E-state index < -0.39 is 5.82 Å². The quantitative estimate of drug-likeness (QED) is 0.324. The van der Waals surface area contributed by atoms with Crippen LogP contribution in [0.25, 0.3) is 11.4 Å². The number of hydrogen-bond acceptors (Lipinski definition) is 8. The van der Waals surface area contributed by atoms with Gasteiger partial charge in [0.15, 0.2) is 17.4 Å². The summed E-state index contributed by atoms with van der Waals surface area (Å²) in [7, 11) is 1.45. The number of halogens is 3. The minimum absolute atomic E-state index is 0.0944. The summed E-state index contributed by atoms with van der Waals surface area (Å²) < 4.78 is 33.1. The highest BCUT2D eigenvalue weighted by molar-refractivity contribution is 6.30. The summed E-state index contributed by atoms with van der Waals surface area (Å²) in [6.07, 6.45) is 8.57. The van der Waals surface area contributed by atoms with Gasteiger partial charge in [0, 0.05) is 30.5 Å². The third kappa shape index (κ3) is 6.23. The Labute approximate surface area is 211 Å². The molecule has 1 aliphatic heterocycles. The van der Waals surface area contributed by atoms with Crippen molar-refractivity contribution in [2.24, 2.45) is 0 Å². The number of amides is 1. The predicted molar refractivity (Wildman–Crippen MR) is 132 cm³/mol. The number of nitrogens with one attached hydrogen (secondary N) is 2. The van der Waals surface area contributed by atoms with Gasteiger partial charge in [-0.3, -0.25) is 9.78 Å². The molecule has 3 aromatic rings. The molecule has 0 bridgehead atoms. The number of ether oxygens (including phenoxy) is 1. The second kappa shape index (κ2) is 11.7. The normalized spacial score (nSPS) is 13.5. The first-order valence-corrected chi connectivity index (χ1v) is 11.5. The van der Waals surface area contributed by atoms with E-state index >= 15 is 0 Å². The molecular weight excluding hydrogens is 492 g/mol. The van der Waals surface area contributed by atoms with Crippen LogP contribution in [0.4, 0.5) is 20.4 Å². The van der Waals surface area contributed by atoms with Crippen molar-refractivity contribution in [2.45, 2.75) is 6.42 Å². The van der Waals surface area contributed by atoms with Crippen molar-refractivity contribution in [2.75, 3.05) is 38.7 Å². The number of aromatic nitrogens is 3. The maximum atomic E-state index is 14.4. The van der Waals surface area contributed by atoms with Crippen molar-refractivity contribution in [1.82, 2.24) is 30.3 Å². The summed E-state index contributed by atoms with van der Waals surface area (Å²) in [5.74, 6) is -0.257. The average Bonchev–Trinajstić information content (AvgIpc) is 2.88. The fourth-order valence-corrected chi connectivity index (χ4v) is 3.73. The lowest BCUT2D eigenvalue weighted by Gasteiger charge is -2.26. The first kappa shape index (κ1) is 25.3. The second-order valence-electron chi connectivity index (χ2n) is 7.87. The van der Waals surface area contributed by atoms with Crippen molar-refractivity contribution in [1.29, 1.82) is 0 Å². The van der Waals surface area contributed by atoms with Crippen molar-refractivity contribution >= 4 is 29.0 Å². The molecule has 1 amide bonds. The van der Waals surface area contributed by atoms with E-state index in [1.807, 2.05) is 11.1 Å². The third-order valence-electron chi connectivity index (χ3n) is 5.33. The number of benzene rings is 1. The van der Waals surface area contributed by atoms with Crippen LogP contribution in [0, 0.1) is 5.82 Å². The number of carbonyl (C=O) groups is 1. The molecule has 0 spiro atoms. The first-order chi connectivity index (χ1) is 17.4. The molecule has 188 valence electrons. The molecule has 0 unspecified atom stereocenters. The number of anilines is 2. The molecule has 2 aromatic heterocycles. The van der Waals surface area contributed by atoms with E-state index in [4.69, 9.17) is 16.3 Å². The van der Waals surface area contributed by atoms with E-state index in [0.29, 0.717) is 41.1 Å². The van der Waals surface area contributed by atoms with Gasteiger partial charge in [-0.1, -0.05) is 17.7 Å². The maximum Gasteiger partial charge on any atom is 0.254 e. The Morgan fingerprint density at radius 3 is 2.94 bits per heavy atom. The highest BCUT2D eigenvalue weighted by Gasteiger charge is 2.17. The van der Waals surface area contributed by atoms with E-state index in [-0.39, 0.29) is 41.9 Å². The molecular formula is C24H24ClF2N7O2. The molecule has 1 aliphatic rings. The Bertz CT molecular complexity index is 1260. The number of nitrogens with zero attached hydrogens (tertiary/aromatic N) is 5. The highest BCUT2D eigenvalue weighted by Crippen LogP contribution is 2.30. The number of hydrogen-bond donors (Lipinski definition) is 2. The Balaban J connectivity index is 1.47. The Morgan fingerprint density at radius 1 is 1.28 bits per heavy atom. The number of pyridine rings is 1. The molecule has 1 aromatic carbocycles. The molecule has 0 atom stereocenters. The van der Waals surface area contributed by atoms with Gasteiger partial charge in [0.25, 0.3) is 5.91 Å². The zero-order chi connectivity index (χ0) is 25.5. The van der Waals surface area contributed by atoms with Crippen LogP contribution in [0.5, 0.6) is 5.75 Å². The summed E-state index contributed by atoms with van der Waals surface area (Å²) in [6, 6.07) is 5.71. The SMILES string of the molecule is COc1cnc(-c2cc(Cl)ccc2F)nc1Nc1ccncc1C(=O)NCCCN1C=CCN(F)C1. The maximum absolute atomic E-state index is 14.4. The molecule has 0 saturated heterocycles. The molecule has 3 heterocycles. The highest BCUT2D eigenvalue weighted by atomic mass is 35.5. The number of rotatable bonds is 9. The average molecular weight is 516 g/mol. The van der Waals surface area contributed by atoms with Crippen LogP contribution in [-0.4, -0.2) is 64.3 Å². The Hall–Kier alpha value is -3.83. The number of methoxy groups -OCH3 is 1. The largest absolute Gasteiger partial charge is 0.491 e. The molecule has 0 aliphatic carbocycles. The van der Waals surface area contributed by atoms with Gasteiger partial charge in [-0.25, -0.2) is 14.4 Å². The van der Waals surface area contributed by atoms with Gasteiger partial charge in [-0.2, -0.15) is 0 Å². The fraction of sp³-hybridized carbons (Fsp3) is 0.250. The molecule has 4 rings (SSSR count). The third-order valence-corrected chi connectivity index (χ3v) is 5.56. The first-order valence-electron chi connectivity index (χ1n) is 11.1. The summed E-state index contributed by atoms with van der Waals surface area (Å²) >= 11 is 6.01. The van der Waals surface area contributed by atoms with Crippen LogP contribution in [-0.2, 0) is 0 Å². The predicted octanol–water partition coefficient (Wildman–Crippen LogP) is 4.18. The van der Waals surface area contributed by atoms with Crippen LogP contribution in [0.1, 0.15) is 16.8 Å².